The summed E-state index contributed by atoms with van der Waals surface area (Å²) in [4.78, 5) is 10.9. The van der Waals surface area contributed by atoms with Crippen molar-refractivity contribution >= 4 is 29.2 Å². The van der Waals surface area contributed by atoms with Gasteiger partial charge in [-0.2, -0.15) is 0 Å². The number of halogens is 3. The number of hydrogen-bond acceptors (Lipinski definition) is 2. The van der Waals surface area contributed by atoms with Gasteiger partial charge in [-0.15, -0.1) is 0 Å². The molecule has 0 saturated carbocycles. The summed E-state index contributed by atoms with van der Waals surface area (Å²) in [5.41, 5.74) is 3.71. The smallest absolute Gasteiger partial charge is 0.307 e. The average molecular weight is 433 g/mol. The molecule has 0 fully saturated rings. The van der Waals surface area contributed by atoms with E-state index in [1.807, 2.05) is 13.0 Å². The Morgan fingerprint density at radius 1 is 1.00 bits per heavy atom. The molecule has 0 amide bonds. The Morgan fingerprint density at radius 2 is 1.62 bits per heavy atom. The zero-order chi connectivity index (χ0) is 21.1. The van der Waals surface area contributed by atoms with Gasteiger partial charge in [0.25, 0.3) is 0 Å². The molecule has 3 nitrogen and oxygen atoms in total. The van der Waals surface area contributed by atoms with Gasteiger partial charge in [-0.1, -0.05) is 54.4 Å². The number of hydrogen-bond donors (Lipinski definition) is 2. The van der Waals surface area contributed by atoms with Crippen LogP contribution in [0, 0.1) is 5.82 Å². The van der Waals surface area contributed by atoms with Crippen molar-refractivity contribution in [2.45, 2.75) is 25.7 Å². The van der Waals surface area contributed by atoms with Gasteiger partial charge in [-0.3, -0.25) is 4.79 Å². The van der Waals surface area contributed by atoms with Crippen molar-refractivity contribution in [1.82, 2.24) is 0 Å². The number of rotatable bonds is 6. The molecule has 0 spiro atoms. The molecule has 29 heavy (non-hydrogen) atoms. The molecular weight excluding hydrogens is 414 g/mol. The first kappa shape index (κ1) is 21.2. The van der Waals surface area contributed by atoms with Crippen LogP contribution in [-0.4, -0.2) is 16.2 Å². The van der Waals surface area contributed by atoms with Crippen molar-refractivity contribution in [2.75, 3.05) is 0 Å². The van der Waals surface area contributed by atoms with Gasteiger partial charge in [0, 0.05) is 27.9 Å². The van der Waals surface area contributed by atoms with Crippen molar-refractivity contribution in [2.24, 2.45) is 0 Å². The number of aliphatic carboxylic acids is 1. The van der Waals surface area contributed by atoms with Crippen LogP contribution >= 0.6 is 23.2 Å². The monoisotopic (exact) mass is 432 g/mol. The molecule has 0 saturated heterocycles. The summed E-state index contributed by atoms with van der Waals surface area (Å²) in [7, 11) is 0. The summed E-state index contributed by atoms with van der Waals surface area (Å²) in [6.07, 6.45) is 0.271. The van der Waals surface area contributed by atoms with E-state index >= 15 is 0 Å². The highest BCUT2D eigenvalue weighted by molar-refractivity contribution is 6.36. The van der Waals surface area contributed by atoms with Gasteiger partial charge in [0.1, 0.15) is 11.6 Å². The second kappa shape index (κ2) is 8.85. The number of aromatic hydroxyl groups is 1. The van der Waals surface area contributed by atoms with Crippen molar-refractivity contribution in [1.29, 1.82) is 0 Å². The third-order valence-corrected chi connectivity index (χ3v) is 5.54. The molecule has 0 aliphatic rings. The number of carboxylic acid groups (broad SMARTS) is 1. The number of phenolic OH excluding ortho intramolecular Hbond substituents is 1. The van der Waals surface area contributed by atoms with Gasteiger partial charge < -0.3 is 10.2 Å². The molecule has 1 atom stereocenters. The quantitative estimate of drug-likeness (QED) is 0.486. The lowest BCUT2D eigenvalue weighted by atomic mass is 9.90. The second-order valence-electron chi connectivity index (χ2n) is 6.95. The van der Waals surface area contributed by atoms with Crippen LogP contribution in [0.3, 0.4) is 0 Å². The summed E-state index contributed by atoms with van der Waals surface area (Å²) in [6.45, 7) is 1.94. The third-order valence-electron chi connectivity index (χ3n) is 4.87. The lowest BCUT2D eigenvalue weighted by molar-refractivity contribution is -0.136. The predicted molar refractivity (Wildman–Crippen MR) is 113 cm³/mol. The van der Waals surface area contributed by atoms with E-state index in [1.54, 1.807) is 36.4 Å². The van der Waals surface area contributed by atoms with Crippen LogP contribution in [0.5, 0.6) is 5.75 Å². The summed E-state index contributed by atoms with van der Waals surface area (Å²) >= 11 is 12.7. The van der Waals surface area contributed by atoms with Gasteiger partial charge >= 0.3 is 5.97 Å². The average Bonchev–Trinajstić information content (AvgIpc) is 2.65. The Labute approximate surface area is 178 Å². The lowest BCUT2D eigenvalue weighted by Gasteiger charge is -2.16. The fraction of sp³-hybridized carbons (Fsp3) is 0.174. The van der Waals surface area contributed by atoms with E-state index in [1.165, 1.54) is 12.1 Å². The molecule has 3 aromatic carbocycles. The molecule has 6 heteroatoms. The highest BCUT2D eigenvalue weighted by Gasteiger charge is 2.16. The Balaban J connectivity index is 1.90. The van der Waals surface area contributed by atoms with Crippen molar-refractivity contribution in [3.8, 4) is 5.75 Å². The topological polar surface area (TPSA) is 57.5 Å². The zero-order valence-corrected chi connectivity index (χ0v) is 17.1. The molecule has 2 N–H and O–H groups in total. The third kappa shape index (κ3) is 5.08. The molecule has 150 valence electrons. The number of benzene rings is 3. The first-order valence-corrected chi connectivity index (χ1v) is 9.76. The van der Waals surface area contributed by atoms with Crippen LogP contribution in [-0.2, 0) is 17.6 Å². The van der Waals surface area contributed by atoms with Gasteiger partial charge in [-0.05, 0) is 52.6 Å². The normalized spacial score (nSPS) is 12.0. The van der Waals surface area contributed by atoms with Gasteiger partial charge in [0.2, 0.25) is 0 Å². The molecule has 1 unspecified atom stereocenters. The molecule has 0 radical (unpaired) electrons. The first-order valence-electron chi connectivity index (χ1n) is 9.00. The van der Waals surface area contributed by atoms with Crippen molar-refractivity contribution < 1.29 is 19.4 Å². The first-order chi connectivity index (χ1) is 13.7. The number of phenols is 1. The van der Waals surface area contributed by atoms with E-state index in [-0.39, 0.29) is 23.9 Å². The van der Waals surface area contributed by atoms with Crippen LogP contribution in [0.2, 0.25) is 10.0 Å². The van der Waals surface area contributed by atoms with Gasteiger partial charge in [0.15, 0.2) is 0 Å². The maximum absolute atomic E-state index is 13.2. The summed E-state index contributed by atoms with van der Waals surface area (Å²) in [5.74, 6) is -1.25. The molecule has 0 bridgehead atoms. The minimum absolute atomic E-state index is 0.139. The summed E-state index contributed by atoms with van der Waals surface area (Å²) < 4.78 is 13.2. The van der Waals surface area contributed by atoms with E-state index in [0.717, 1.165) is 11.1 Å². The van der Waals surface area contributed by atoms with E-state index in [4.69, 9.17) is 28.3 Å². The minimum atomic E-state index is -0.956. The number of carboxylic acids is 1. The van der Waals surface area contributed by atoms with E-state index in [0.29, 0.717) is 33.2 Å². The molecule has 0 aromatic heterocycles. The fourth-order valence-corrected chi connectivity index (χ4v) is 3.96. The SMILES string of the molecule is CC(c1ccc(F)cc1)c1cc(Cc2c(Cl)cc(CC(=O)O)cc2Cl)ccc1O. The highest BCUT2D eigenvalue weighted by atomic mass is 35.5. The van der Waals surface area contributed by atoms with Gasteiger partial charge in [0.05, 0.1) is 6.42 Å². The molecule has 0 heterocycles. The van der Waals surface area contributed by atoms with Crippen LogP contribution in [0.4, 0.5) is 4.39 Å². The Kier molecular flexibility index (Phi) is 6.46. The zero-order valence-electron chi connectivity index (χ0n) is 15.6. The van der Waals surface area contributed by atoms with Crippen molar-refractivity contribution in [3.05, 3.63) is 98.3 Å². The largest absolute Gasteiger partial charge is 0.508 e. The summed E-state index contributed by atoms with van der Waals surface area (Å²) in [5, 5.41) is 20.1. The summed E-state index contributed by atoms with van der Waals surface area (Å²) in [6, 6.07) is 14.7. The molecule has 3 rings (SSSR count). The minimum Gasteiger partial charge on any atom is -0.508 e. The molecule has 0 aliphatic carbocycles. The fourth-order valence-electron chi connectivity index (χ4n) is 3.30. The van der Waals surface area contributed by atoms with E-state index in [9.17, 15) is 14.3 Å². The molecular formula is C23H19Cl2FO3. The lowest BCUT2D eigenvalue weighted by Crippen LogP contribution is -2.02. The van der Waals surface area contributed by atoms with Crippen LogP contribution in [0.25, 0.3) is 0 Å². The second-order valence-corrected chi connectivity index (χ2v) is 7.77. The van der Waals surface area contributed by atoms with Crippen LogP contribution < -0.4 is 0 Å². The predicted octanol–water partition coefficient (Wildman–Crippen LogP) is 6.21. The Morgan fingerprint density at radius 3 is 2.21 bits per heavy atom. The number of carbonyl (C=O) groups is 1. The van der Waals surface area contributed by atoms with Crippen LogP contribution in [0.1, 0.15) is 40.7 Å². The standard InChI is InChI=1S/C23H19Cl2FO3/c1-13(16-3-5-17(26)6-4-16)18-8-14(2-7-22(18)27)9-19-20(24)10-15(11-21(19)25)12-23(28)29/h2-8,10-11,13,27H,9,12H2,1H3,(H,28,29). The maximum Gasteiger partial charge on any atom is 0.307 e. The van der Waals surface area contributed by atoms with Crippen molar-refractivity contribution in [3.63, 3.8) is 0 Å². The molecule has 3 aromatic rings. The van der Waals surface area contributed by atoms with Gasteiger partial charge in [-0.25, -0.2) is 4.39 Å². The highest BCUT2D eigenvalue weighted by Crippen LogP contribution is 2.34. The Hall–Kier alpha value is -2.56. The van der Waals surface area contributed by atoms with E-state index in [2.05, 4.69) is 0 Å². The molecule has 0 aliphatic heterocycles. The maximum atomic E-state index is 13.2. The van der Waals surface area contributed by atoms with Crippen LogP contribution in [0.15, 0.2) is 54.6 Å². The van der Waals surface area contributed by atoms with E-state index < -0.39 is 5.97 Å². The Bertz CT molecular complexity index is 1030.